The molecule has 1 aliphatic heterocycles. The molecule has 2 heterocycles. The van der Waals surface area contributed by atoms with Crippen molar-refractivity contribution in [1.82, 2.24) is 9.88 Å². The van der Waals surface area contributed by atoms with E-state index in [9.17, 15) is 4.79 Å². The smallest absolute Gasteiger partial charge is 0.262 e. The van der Waals surface area contributed by atoms with Crippen molar-refractivity contribution in [3.8, 4) is 11.5 Å². The van der Waals surface area contributed by atoms with Gasteiger partial charge in [-0.3, -0.25) is 4.79 Å². The van der Waals surface area contributed by atoms with E-state index in [0.717, 1.165) is 53.0 Å². The molecule has 30 heavy (non-hydrogen) atoms. The molecule has 0 spiro atoms. The number of fused-ring (bicyclic) bond motifs is 1. The fraction of sp³-hybridized carbons (Fsp3) is 0.364. The van der Waals surface area contributed by atoms with Gasteiger partial charge < -0.3 is 24.6 Å². The second-order valence-electron chi connectivity index (χ2n) is 7.21. The summed E-state index contributed by atoms with van der Waals surface area (Å²) in [5, 5.41) is 3.94. The molecule has 3 aromatic rings. The third-order valence-corrected chi connectivity index (χ3v) is 6.02. The van der Waals surface area contributed by atoms with Gasteiger partial charge in [-0.1, -0.05) is 11.3 Å². The van der Waals surface area contributed by atoms with Crippen molar-refractivity contribution in [3.05, 3.63) is 42.5 Å². The summed E-state index contributed by atoms with van der Waals surface area (Å²) in [5.41, 5.74) is 1.70. The van der Waals surface area contributed by atoms with Gasteiger partial charge in [0.2, 0.25) is 0 Å². The molecule has 0 atom stereocenters. The molecule has 1 N–H and O–H groups in total. The number of hydrogen-bond acceptors (Lipinski definition) is 7. The summed E-state index contributed by atoms with van der Waals surface area (Å²) in [7, 11) is 2.14. The maximum absolute atomic E-state index is 12.3. The molecule has 0 bridgehead atoms. The molecule has 1 amide bonds. The van der Waals surface area contributed by atoms with E-state index >= 15 is 0 Å². The van der Waals surface area contributed by atoms with Gasteiger partial charge in [0.05, 0.1) is 16.8 Å². The van der Waals surface area contributed by atoms with E-state index in [4.69, 9.17) is 14.5 Å². The molecule has 7 nitrogen and oxygen atoms in total. The van der Waals surface area contributed by atoms with Gasteiger partial charge in [-0.15, -0.1) is 0 Å². The van der Waals surface area contributed by atoms with Crippen LogP contribution in [0.15, 0.2) is 42.5 Å². The Morgan fingerprint density at radius 2 is 1.77 bits per heavy atom. The number of rotatable bonds is 7. The van der Waals surface area contributed by atoms with Crippen molar-refractivity contribution in [2.24, 2.45) is 0 Å². The topological polar surface area (TPSA) is 66.9 Å². The fourth-order valence-electron chi connectivity index (χ4n) is 3.27. The number of thiazole rings is 1. The summed E-state index contributed by atoms with van der Waals surface area (Å²) in [6.07, 6.45) is 0. The highest BCUT2D eigenvalue weighted by atomic mass is 32.1. The zero-order chi connectivity index (χ0) is 20.9. The molecule has 1 fully saturated rings. The van der Waals surface area contributed by atoms with Crippen LogP contribution in [0.1, 0.15) is 6.92 Å². The van der Waals surface area contributed by atoms with E-state index in [1.165, 1.54) is 0 Å². The van der Waals surface area contributed by atoms with E-state index < -0.39 is 0 Å². The Morgan fingerprint density at radius 1 is 1.07 bits per heavy atom. The molecule has 0 radical (unpaired) electrons. The molecule has 0 aliphatic carbocycles. The van der Waals surface area contributed by atoms with Crippen molar-refractivity contribution in [2.75, 3.05) is 56.7 Å². The Bertz CT molecular complexity index is 997. The lowest BCUT2D eigenvalue weighted by atomic mass is 10.3. The van der Waals surface area contributed by atoms with Crippen LogP contribution in [-0.4, -0.2) is 62.2 Å². The highest BCUT2D eigenvalue weighted by molar-refractivity contribution is 7.22. The molecule has 2 aromatic carbocycles. The van der Waals surface area contributed by atoms with Gasteiger partial charge in [-0.25, -0.2) is 4.98 Å². The first-order chi connectivity index (χ1) is 14.6. The van der Waals surface area contributed by atoms with Crippen LogP contribution < -0.4 is 19.7 Å². The number of ether oxygens (including phenoxy) is 2. The van der Waals surface area contributed by atoms with Crippen molar-refractivity contribution in [1.29, 1.82) is 0 Å². The van der Waals surface area contributed by atoms with Gasteiger partial charge in [0.15, 0.2) is 11.7 Å². The summed E-state index contributed by atoms with van der Waals surface area (Å²) in [6.45, 7) is 6.57. The number of hydrogen-bond donors (Lipinski definition) is 1. The molecule has 0 unspecified atom stereocenters. The van der Waals surface area contributed by atoms with Gasteiger partial charge in [-0.2, -0.15) is 0 Å². The largest absolute Gasteiger partial charge is 0.494 e. The number of amides is 1. The predicted octanol–water partition coefficient (Wildman–Crippen LogP) is 3.46. The second kappa shape index (κ2) is 9.32. The number of carbonyl (C=O) groups excluding carboxylic acids is 1. The van der Waals surface area contributed by atoms with Gasteiger partial charge in [0.25, 0.3) is 5.91 Å². The van der Waals surface area contributed by atoms with Crippen LogP contribution in [0.25, 0.3) is 10.2 Å². The van der Waals surface area contributed by atoms with Crippen LogP contribution in [0, 0.1) is 0 Å². The SMILES string of the molecule is CCOc1ccc(OCC(=O)Nc2ccc3nc(N4CCN(C)CC4)sc3c2)cc1. The molecular weight excluding hydrogens is 400 g/mol. The number of piperazine rings is 1. The van der Waals surface area contributed by atoms with Gasteiger partial charge >= 0.3 is 0 Å². The first-order valence-corrected chi connectivity index (χ1v) is 10.9. The molecule has 1 aromatic heterocycles. The van der Waals surface area contributed by atoms with Crippen LogP contribution in [-0.2, 0) is 4.79 Å². The Morgan fingerprint density at radius 3 is 2.47 bits per heavy atom. The quantitative estimate of drug-likeness (QED) is 0.624. The minimum absolute atomic E-state index is 0.0543. The molecule has 0 saturated carbocycles. The lowest BCUT2D eigenvalue weighted by Crippen LogP contribution is -2.44. The highest BCUT2D eigenvalue weighted by Crippen LogP contribution is 2.31. The maximum atomic E-state index is 12.3. The van der Waals surface area contributed by atoms with Crippen LogP contribution >= 0.6 is 11.3 Å². The lowest BCUT2D eigenvalue weighted by molar-refractivity contribution is -0.118. The molecule has 1 saturated heterocycles. The third-order valence-electron chi connectivity index (χ3n) is 4.94. The molecular formula is C22H26N4O3S. The summed E-state index contributed by atoms with van der Waals surface area (Å²) in [5.74, 6) is 1.21. The number of benzene rings is 2. The minimum atomic E-state index is -0.202. The summed E-state index contributed by atoms with van der Waals surface area (Å²) >= 11 is 1.66. The Balaban J connectivity index is 1.34. The Hall–Kier alpha value is -2.84. The second-order valence-corrected chi connectivity index (χ2v) is 8.22. The Labute approximate surface area is 180 Å². The van der Waals surface area contributed by atoms with Crippen molar-refractivity contribution in [2.45, 2.75) is 6.92 Å². The molecule has 8 heteroatoms. The fourth-order valence-corrected chi connectivity index (χ4v) is 4.32. The summed E-state index contributed by atoms with van der Waals surface area (Å²) < 4.78 is 12.0. The molecule has 1 aliphatic rings. The standard InChI is InChI=1S/C22H26N4O3S/c1-3-28-17-5-7-18(8-6-17)29-15-21(27)23-16-4-9-19-20(14-16)30-22(24-19)26-12-10-25(2)11-13-26/h4-9,14H,3,10-13,15H2,1-2H3,(H,23,27). The number of aromatic nitrogens is 1. The normalized spacial score (nSPS) is 14.7. The van der Waals surface area contributed by atoms with E-state index in [-0.39, 0.29) is 12.5 Å². The van der Waals surface area contributed by atoms with Gasteiger partial charge in [0.1, 0.15) is 11.5 Å². The number of carbonyl (C=O) groups is 1. The maximum Gasteiger partial charge on any atom is 0.262 e. The lowest BCUT2D eigenvalue weighted by Gasteiger charge is -2.31. The summed E-state index contributed by atoms with van der Waals surface area (Å²) in [4.78, 5) is 21.7. The Kier molecular flexibility index (Phi) is 6.35. The van der Waals surface area contributed by atoms with E-state index in [1.54, 1.807) is 23.5 Å². The zero-order valence-corrected chi connectivity index (χ0v) is 18.1. The minimum Gasteiger partial charge on any atom is -0.494 e. The number of nitrogens with one attached hydrogen (secondary N) is 1. The van der Waals surface area contributed by atoms with Gasteiger partial charge in [-0.05, 0) is 56.4 Å². The van der Waals surface area contributed by atoms with Crippen molar-refractivity contribution in [3.63, 3.8) is 0 Å². The van der Waals surface area contributed by atoms with Crippen LogP contribution in [0.2, 0.25) is 0 Å². The highest BCUT2D eigenvalue weighted by Gasteiger charge is 2.17. The molecule has 158 valence electrons. The van der Waals surface area contributed by atoms with Gasteiger partial charge in [0, 0.05) is 31.9 Å². The van der Waals surface area contributed by atoms with Crippen LogP contribution in [0.4, 0.5) is 10.8 Å². The first kappa shape index (κ1) is 20.4. The number of likely N-dealkylation sites (N-methyl/N-ethyl adjacent to an activating group) is 1. The number of anilines is 2. The average molecular weight is 427 g/mol. The van der Waals surface area contributed by atoms with E-state index in [0.29, 0.717) is 12.4 Å². The monoisotopic (exact) mass is 426 g/mol. The first-order valence-electron chi connectivity index (χ1n) is 10.1. The molecule has 4 rings (SSSR count). The summed E-state index contributed by atoms with van der Waals surface area (Å²) in [6, 6.07) is 13.0. The van der Waals surface area contributed by atoms with E-state index in [2.05, 4.69) is 22.2 Å². The number of nitrogens with zero attached hydrogens (tertiary/aromatic N) is 3. The van der Waals surface area contributed by atoms with E-state index in [1.807, 2.05) is 37.3 Å². The average Bonchev–Trinajstić information content (AvgIpc) is 3.17. The third kappa shape index (κ3) is 5.01. The predicted molar refractivity (Wildman–Crippen MR) is 121 cm³/mol. The van der Waals surface area contributed by atoms with Crippen LogP contribution in [0.5, 0.6) is 11.5 Å². The zero-order valence-electron chi connectivity index (χ0n) is 17.3. The van der Waals surface area contributed by atoms with Crippen LogP contribution in [0.3, 0.4) is 0 Å². The van der Waals surface area contributed by atoms with Crippen molar-refractivity contribution < 1.29 is 14.3 Å². The van der Waals surface area contributed by atoms with Crippen molar-refractivity contribution >= 4 is 38.3 Å².